The Balaban J connectivity index is 2.62. The van der Waals surface area contributed by atoms with Gasteiger partial charge in [-0.3, -0.25) is 0 Å². The van der Waals surface area contributed by atoms with Crippen LogP contribution in [0.5, 0.6) is 0 Å². The molecule has 0 aromatic heterocycles. The third kappa shape index (κ3) is 3.11. The van der Waals surface area contributed by atoms with Gasteiger partial charge in [0.1, 0.15) is 0 Å². The highest BCUT2D eigenvalue weighted by molar-refractivity contribution is 5.75. The van der Waals surface area contributed by atoms with Crippen molar-refractivity contribution in [3.63, 3.8) is 0 Å². The molecule has 88 valence electrons. The molecule has 2 amide bonds. The Morgan fingerprint density at radius 1 is 1.33 bits per heavy atom. The Hall–Kier alpha value is -0.730. The summed E-state index contributed by atoms with van der Waals surface area (Å²) < 4.78 is 0. The fourth-order valence-corrected chi connectivity index (χ4v) is 2.31. The summed E-state index contributed by atoms with van der Waals surface area (Å²) in [5.74, 6) is 1.22. The molecule has 3 unspecified atom stereocenters. The maximum atomic E-state index is 11.9. The topological polar surface area (TPSA) is 32.3 Å². The van der Waals surface area contributed by atoms with Crippen molar-refractivity contribution in [1.29, 1.82) is 0 Å². The SMILES string of the molecule is CC1CC(C)C(C)N(C(=O)NC(C)C)C1. The standard InChI is InChI=1S/C12H24N2O/c1-8(2)13-12(15)14-7-9(3)6-10(4)11(14)5/h8-11H,6-7H2,1-5H3,(H,13,15). The van der Waals surface area contributed by atoms with Crippen molar-refractivity contribution < 1.29 is 4.79 Å². The monoisotopic (exact) mass is 212 g/mol. The number of amides is 2. The van der Waals surface area contributed by atoms with Crippen LogP contribution in [-0.4, -0.2) is 29.6 Å². The molecule has 3 heteroatoms. The van der Waals surface area contributed by atoms with Crippen molar-refractivity contribution in [1.82, 2.24) is 10.2 Å². The number of nitrogens with one attached hydrogen (secondary N) is 1. The minimum Gasteiger partial charge on any atom is -0.336 e. The molecule has 3 nitrogen and oxygen atoms in total. The molecule has 1 saturated heterocycles. The van der Waals surface area contributed by atoms with Crippen molar-refractivity contribution >= 4 is 6.03 Å². The molecular weight excluding hydrogens is 188 g/mol. The predicted octanol–water partition coefficient (Wildman–Crippen LogP) is 2.47. The Morgan fingerprint density at radius 3 is 2.47 bits per heavy atom. The van der Waals surface area contributed by atoms with E-state index >= 15 is 0 Å². The normalized spacial score (nSPS) is 31.9. The van der Waals surface area contributed by atoms with Gasteiger partial charge in [0.2, 0.25) is 0 Å². The maximum absolute atomic E-state index is 11.9. The van der Waals surface area contributed by atoms with Crippen LogP contribution in [0.15, 0.2) is 0 Å². The second-order valence-corrected chi connectivity index (χ2v) is 5.32. The Labute approximate surface area is 93.2 Å². The number of hydrogen-bond acceptors (Lipinski definition) is 1. The van der Waals surface area contributed by atoms with Crippen LogP contribution >= 0.6 is 0 Å². The van der Waals surface area contributed by atoms with Crippen LogP contribution in [0.1, 0.15) is 41.0 Å². The number of nitrogens with zero attached hydrogens (tertiary/aromatic N) is 1. The third-order valence-electron chi connectivity index (χ3n) is 3.27. The van der Waals surface area contributed by atoms with Gasteiger partial charge in [-0.25, -0.2) is 4.79 Å². The van der Waals surface area contributed by atoms with E-state index in [2.05, 4.69) is 26.1 Å². The zero-order valence-electron chi connectivity index (χ0n) is 10.6. The molecule has 0 bridgehead atoms. The minimum atomic E-state index is 0.0934. The molecule has 0 aromatic rings. The second-order valence-electron chi connectivity index (χ2n) is 5.32. The van der Waals surface area contributed by atoms with Gasteiger partial charge in [-0.15, -0.1) is 0 Å². The predicted molar refractivity (Wildman–Crippen MR) is 62.8 cm³/mol. The van der Waals surface area contributed by atoms with Crippen molar-refractivity contribution in [2.24, 2.45) is 11.8 Å². The Bertz CT molecular complexity index is 228. The van der Waals surface area contributed by atoms with E-state index < -0.39 is 0 Å². The smallest absolute Gasteiger partial charge is 0.317 e. The number of carbonyl (C=O) groups excluding carboxylic acids is 1. The minimum absolute atomic E-state index is 0.0934. The van der Waals surface area contributed by atoms with E-state index in [4.69, 9.17) is 0 Å². The fourth-order valence-electron chi connectivity index (χ4n) is 2.31. The van der Waals surface area contributed by atoms with Gasteiger partial charge >= 0.3 is 6.03 Å². The molecule has 0 spiro atoms. The zero-order chi connectivity index (χ0) is 11.6. The first-order chi connectivity index (χ1) is 6.91. The van der Waals surface area contributed by atoms with E-state index in [-0.39, 0.29) is 12.1 Å². The molecule has 1 rings (SSSR count). The van der Waals surface area contributed by atoms with E-state index in [1.165, 1.54) is 6.42 Å². The first kappa shape index (κ1) is 12.3. The average molecular weight is 212 g/mol. The van der Waals surface area contributed by atoms with Crippen LogP contribution in [-0.2, 0) is 0 Å². The summed E-state index contributed by atoms with van der Waals surface area (Å²) in [4.78, 5) is 13.9. The van der Waals surface area contributed by atoms with Crippen molar-refractivity contribution in [2.45, 2.75) is 53.1 Å². The molecule has 1 heterocycles. The summed E-state index contributed by atoms with van der Waals surface area (Å²) >= 11 is 0. The van der Waals surface area contributed by atoms with Crippen LogP contribution in [0, 0.1) is 11.8 Å². The van der Waals surface area contributed by atoms with Crippen LogP contribution in [0.3, 0.4) is 0 Å². The van der Waals surface area contributed by atoms with E-state index in [0.717, 1.165) is 6.54 Å². The number of hydrogen-bond donors (Lipinski definition) is 1. The lowest BCUT2D eigenvalue weighted by atomic mass is 9.86. The number of urea groups is 1. The van der Waals surface area contributed by atoms with Gasteiger partial charge in [-0.2, -0.15) is 0 Å². The summed E-state index contributed by atoms with van der Waals surface area (Å²) in [6, 6.07) is 0.674. The van der Waals surface area contributed by atoms with Crippen LogP contribution in [0.25, 0.3) is 0 Å². The van der Waals surface area contributed by atoms with Crippen molar-refractivity contribution in [3.05, 3.63) is 0 Å². The largest absolute Gasteiger partial charge is 0.336 e. The van der Waals surface area contributed by atoms with Gasteiger partial charge in [-0.1, -0.05) is 13.8 Å². The number of piperidine rings is 1. The average Bonchev–Trinajstić information content (AvgIpc) is 2.09. The number of carbonyl (C=O) groups is 1. The lowest BCUT2D eigenvalue weighted by Crippen LogP contribution is -2.53. The lowest BCUT2D eigenvalue weighted by molar-refractivity contribution is 0.100. The summed E-state index contributed by atoms with van der Waals surface area (Å²) in [5.41, 5.74) is 0. The highest BCUT2D eigenvalue weighted by atomic mass is 16.2. The zero-order valence-corrected chi connectivity index (χ0v) is 10.6. The molecule has 1 aliphatic rings. The van der Waals surface area contributed by atoms with Gasteiger partial charge in [0.05, 0.1) is 0 Å². The van der Waals surface area contributed by atoms with Crippen molar-refractivity contribution in [2.75, 3.05) is 6.54 Å². The fraction of sp³-hybridized carbons (Fsp3) is 0.917. The second kappa shape index (κ2) is 4.86. The molecule has 1 N–H and O–H groups in total. The maximum Gasteiger partial charge on any atom is 0.317 e. The highest BCUT2D eigenvalue weighted by Gasteiger charge is 2.31. The highest BCUT2D eigenvalue weighted by Crippen LogP contribution is 2.26. The van der Waals surface area contributed by atoms with E-state index in [0.29, 0.717) is 17.9 Å². The summed E-state index contributed by atoms with van der Waals surface area (Å²) in [6.45, 7) is 11.5. The Kier molecular flexibility index (Phi) is 4.00. The van der Waals surface area contributed by atoms with Crippen molar-refractivity contribution in [3.8, 4) is 0 Å². The molecule has 0 radical (unpaired) electrons. The van der Waals surface area contributed by atoms with Crippen LogP contribution < -0.4 is 5.32 Å². The molecule has 1 fully saturated rings. The van der Waals surface area contributed by atoms with E-state index in [1.807, 2.05) is 18.7 Å². The number of likely N-dealkylation sites (tertiary alicyclic amines) is 1. The molecular formula is C12H24N2O. The lowest BCUT2D eigenvalue weighted by Gasteiger charge is -2.41. The third-order valence-corrected chi connectivity index (χ3v) is 3.27. The molecule has 3 atom stereocenters. The van der Waals surface area contributed by atoms with Gasteiger partial charge in [0, 0.05) is 18.6 Å². The first-order valence-corrected chi connectivity index (χ1v) is 5.99. The van der Waals surface area contributed by atoms with Gasteiger partial charge in [0.15, 0.2) is 0 Å². The van der Waals surface area contributed by atoms with E-state index in [9.17, 15) is 4.79 Å². The van der Waals surface area contributed by atoms with Gasteiger partial charge in [-0.05, 0) is 39.0 Å². The summed E-state index contributed by atoms with van der Waals surface area (Å²) in [6.07, 6.45) is 1.23. The molecule has 0 saturated carbocycles. The quantitative estimate of drug-likeness (QED) is 0.711. The van der Waals surface area contributed by atoms with Crippen LogP contribution in [0.4, 0.5) is 4.79 Å². The number of rotatable bonds is 1. The first-order valence-electron chi connectivity index (χ1n) is 5.99. The molecule has 15 heavy (non-hydrogen) atoms. The molecule has 0 aromatic carbocycles. The van der Waals surface area contributed by atoms with Gasteiger partial charge < -0.3 is 10.2 Å². The van der Waals surface area contributed by atoms with Crippen LogP contribution in [0.2, 0.25) is 0 Å². The summed E-state index contributed by atoms with van der Waals surface area (Å²) in [7, 11) is 0. The molecule has 0 aliphatic carbocycles. The van der Waals surface area contributed by atoms with E-state index in [1.54, 1.807) is 0 Å². The summed E-state index contributed by atoms with van der Waals surface area (Å²) in [5, 5.41) is 2.97. The molecule has 1 aliphatic heterocycles. The van der Waals surface area contributed by atoms with Gasteiger partial charge in [0.25, 0.3) is 0 Å². The Morgan fingerprint density at radius 2 is 1.93 bits per heavy atom.